The van der Waals surface area contributed by atoms with Crippen molar-refractivity contribution in [1.29, 1.82) is 0 Å². The Morgan fingerprint density at radius 1 is 0.457 bits per heavy atom. The highest BCUT2D eigenvalue weighted by atomic mass is 16.3. The predicted molar refractivity (Wildman–Crippen MR) is 139 cm³/mol. The SMILES string of the molecule is c1ccc(-c2nc(-c3ccccc3)nc(-c3c4ccccc4nc4oc5ccccc5c34)n2)cc1. The summed E-state index contributed by atoms with van der Waals surface area (Å²) in [4.78, 5) is 19.7. The van der Waals surface area contributed by atoms with Crippen molar-refractivity contribution in [3.63, 3.8) is 0 Å². The van der Waals surface area contributed by atoms with Crippen LogP contribution in [-0.2, 0) is 0 Å². The van der Waals surface area contributed by atoms with E-state index < -0.39 is 0 Å². The van der Waals surface area contributed by atoms with Gasteiger partial charge in [0.25, 0.3) is 0 Å². The number of rotatable bonds is 3. The summed E-state index contributed by atoms with van der Waals surface area (Å²) in [7, 11) is 0. The molecule has 164 valence electrons. The van der Waals surface area contributed by atoms with Crippen LogP contribution in [0, 0.1) is 0 Å². The molecule has 0 unspecified atom stereocenters. The van der Waals surface area contributed by atoms with Crippen LogP contribution in [-0.4, -0.2) is 19.9 Å². The normalized spacial score (nSPS) is 11.4. The van der Waals surface area contributed by atoms with Gasteiger partial charge in [-0.1, -0.05) is 97.1 Å². The molecule has 0 amide bonds. The van der Waals surface area contributed by atoms with E-state index in [0.717, 1.165) is 43.9 Å². The fraction of sp³-hybridized carbons (Fsp3) is 0. The lowest BCUT2D eigenvalue weighted by Gasteiger charge is -2.11. The van der Waals surface area contributed by atoms with E-state index in [0.29, 0.717) is 23.2 Å². The van der Waals surface area contributed by atoms with Gasteiger partial charge < -0.3 is 4.42 Å². The summed E-state index contributed by atoms with van der Waals surface area (Å²) in [5, 5.41) is 2.86. The van der Waals surface area contributed by atoms with E-state index in [4.69, 9.17) is 24.4 Å². The van der Waals surface area contributed by atoms with Crippen molar-refractivity contribution in [1.82, 2.24) is 19.9 Å². The van der Waals surface area contributed by atoms with E-state index in [-0.39, 0.29) is 0 Å². The third kappa shape index (κ3) is 3.25. The van der Waals surface area contributed by atoms with Crippen LogP contribution in [0.1, 0.15) is 0 Å². The maximum Gasteiger partial charge on any atom is 0.228 e. The molecule has 0 fully saturated rings. The van der Waals surface area contributed by atoms with Crippen LogP contribution in [0.4, 0.5) is 0 Å². The molecule has 3 aromatic heterocycles. The summed E-state index contributed by atoms with van der Waals surface area (Å²) < 4.78 is 6.17. The Morgan fingerprint density at radius 2 is 1.00 bits per heavy atom. The summed E-state index contributed by atoms with van der Waals surface area (Å²) in [6.07, 6.45) is 0. The lowest BCUT2D eigenvalue weighted by molar-refractivity contribution is 0.656. The second kappa shape index (κ2) is 7.85. The summed E-state index contributed by atoms with van der Waals surface area (Å²) in [6.45, 7) is 0. The molecule has 0 aliphatic rings. The number of fused-ring (bicyclic) bond motifs is 4. The summed E-state index contributed by atoms with van der Waals surface area (Å²) in [5.74, 6) is 1.83. The van der Waals surface area contributed by atoms with Crippen molar-refractivity contribution < 1.29 is 4.42 Å². The van der Waals surface area contributed by atoms with Crippen molar-refractivity contribution >= 4 is 33.0 Å². The molecule has 0 N–H and O–H groups in total. The average molecular weight is 451 g/mol. The van der Waals surface area contributed by atoms with Gasteiger partial charge in [0.05, 0.1) is 10.9 Å². The van der Waals surface area contributed by atoms with Crippen molar-refractivity contribution in [3.8, 4) is 34.2 Å². The van der Waals surface area contributed by atoms with Crippen LogP contribution in [0.25, 0.3) is 67.1 Å². The number of nitrogens with zero attached hydrogens (tertiary/aromatic N) is 4. The first kappa shape index (κ1) is 19.6. The first-order chi connectivity index (χ1) is 17.3. The minimum absolute atomic E-state index is 0.572. The largest absolute Gasteiger partial charge is 0.438 e. The maximum absolute atomic E-state index is 6.17. The van der Waals surface area contributed by atoms with Crippen molar-refractivity contribution in [2.75, 3.05) is 0 Å². The van der Waals surface area contributed by atoms with E-state index >= 15 is 0 Å². The van der Waals surface area contributed by atoms with Gasteiger partial charge in [0.1, 0.15) is 5.58 Å². The Balaban J connectivity index is 1.63. The Labute approximate surface area is 200 Å². The Hall–Kier alpha value is -4.90. The van der Waals surface area contributed by atoms with Gasteiger partial charge in [0, 0.05) is 27.5 Å². The molecular weight excluding hydrogens is 432 g/mol. The van der Waals surface area contributed by atoms with Gasteiger partial charge in [-0.3, -0.25) is 0 Å². The van der Waals surface area contributed by atoms with E-state index in [1.807, 2.05) is 97.1 Å². The average Bonchev–Trinajstić information content (AvgIpc) is 3.30. The quantitative estimate of drug-likeness (QED) is 0.282. The third-order valence-electron chi connectivity index (χ3n) is 6.15. The lowest BCUT2D eigenvalue weighted by atomic mass is 10.0. The number of furan rings is 1. The van der Waals surface area contributed by atoms with Crippen molar-refractivity contribution in [2.24, 2.45) is 0 Å². The monoisotopic (exact) mass is 450 g/mol. The fourth-order valence-corrected chi connectivity index (χ4v) is 4.53. The van der Waals surface area contributed by atoms with Gasteiger partial charge in [-0.05, 0) is 12.1 Å². The second-order valence-electron chi connectivity index (χ2n) is 8.32. The first-order valence-corrected chi connectivity index (χ1v) is 11.4. The van der Waals surface area contributed by atoms with Crippen LogP contribution in [0.15, 0.2) is 114 Å². The zero-order valence-electron chi connectivity index (χ0n) is 18.6. The molecular formula is C30H18N4O. The number of benzene rings is 4. The van der Waals surface area contributed by atoms with Crippen LogP contribution in [0.2, 0.25) is 0 Å². The number of para-hydroxylation sites is 2. The molecule has 0 saturated heterocycles. The van der Waals surface area contributed by atoms with Gasteiger partial charge in [-0.15, -0.1) is 0 Å². The third-order valence-corrected chi connectivity index (χ3v) is 6.15. The Kier molecular flexibility index (Phi) is 4.39. The molecule has 7 rings (SSSR count). The van der Waals surface area contributed by atoms with E-state index in [2.05, 4.69) is 12.1 Å². The molecule has 35 heavy (non-hydrogen) atoms. The van der Waals surface area contributed by atoms with Crippen LogP contribution in [0.3, 0.4) is 0 Å². The second-order valence-corrected chi connectivity index (χ2v) is 8.32. The standard InChI is InChI=1S/C30H18N4O/c1-3-11-19(12-4-1)27-32-28(20-13-5-2-6-14-20)34-29(33-27)25-21-15-7-9-17-23(21)31-30-26(25)22-16-8-10-18-24(22)35-30/h1-18H. The molecule has 0 aliphatic carbocycles. The predicted octanol–water partition coefficient (Wildman–Crippen LogP) is 7.32. The van der Waals surface area contributed by atoms with Crippen LogP contribution < -0.4 is 0 Å². The van der Waals surface area contributed by atoms with Crippen molar-refractivity contribution in [2.45, 2.75) is 0 Å². The molecule has 5 nitrogen and oxygen atoms in total. The van der Waals surface area contributed by atoms with Crippen LogP contribution in [0.5, 0.6) is 0 Å². The first-order valence-electron chi connectivity index (χ1n) is 11.4. The Morgan fingerprint density at radius 3 is 1.69 bits per heavy atom. The topological polar surface area (TPSA) is 64.7 Å². The summed E-state index contributed by atoms with van der Waals surface area (Å²) >= 11 is 0. The van der Waals surface area contributed by atoms with E-state index in [1.54, 1.807) is 0 Å². The number of hydrogen-bond acceptors (Lipinski definition) is 5. The molecule has 0 aliphatic heterocycles. The zero-order valence-corrected chi connectivity index (χ0v) is 18.6. The number of aromatic nitrogens is 4. The highest BCUT2D eigenvalue weighted by Crippen LogP contribution is 2.39. The summed E-state index contributed by atoms with van der Waals surface area (Å²) in [5.41, 5.74) is 4.94. The van der Waals surface area contributed by atoms with Gasteiger partial charge >= 0.3 is 0 Å². The molecule has 0 saturated carbocycles. The minimum atomic E-state index is 0.572. The molecule has 0 radical (unpaired) electrons. The van der Waals surface area contributed by atoms with E-state index in [1.165, 1.54) is 0 Å². The summed E-state index contributed by atoms with van der Waals surface area (Å²) in [6, 6.07) is 36.0. The molecule has 7 aromatic rings. The van der Waals surface area contributed by atoms with Gasteiger partial charge in [0.2, 0.25) is 5.71 Å². The molecule has 5 heteroatoms. The van der Waals surface area contributed by atoms with Gasteiger partial charge in [-0.2, -0.15) is 0 Å². The smallest absolute Gasteiger partial charge is 0.228 e. The fourth-order valence-electron chi connectivity index (χ4n) is 4.53. The highest BCUT2D eigenvalue weighted by Gasteiger charge is 2.21. The number of hydrogen-bond donors (Lipinski definition) is 0. The molecule has 0 bridgehead atoms. The van der Waals surface area contributed by atoms with Gasteiger partial charge in [-0.25, -0.2) is 19.9 Å². The van der Waals surface area contributed by atoms with Crippen LogP contribution >= 0.6 is 0 Å². The maximum atomic E-state index is 6.17. The Bertz CT molecular complexity index is 1790. The van der Waals surface area contributed by atoms with Gasteiger partial charge in [0.15, 0.2) is 17.5 Å². The minimum Gasteiger partial charge on any atom is -0.438 e. The zero-order chi connectivity index (χ0) is 23.2. The molecule has 0 spiro atoms. The van der Waals surface area contributed by atoms with E-state index in [9.17, 15) is 0 Å². The molecule has 0 atom stereocenters. The number of pyridine rings is 1. The highest BCUT2D eigenvalue weighted by molar-refractivity contribution is 6.17. The van der Waals surface area contributed by atoms with Crippen molar-refractivity contribution in [3.05, 3.63) is 109 Å². The lowest BCUT2D eigenvalue weighted by Crippen LogP contribution is -2.01. The molecule has 4 aromatic carbocycles. The molecule has 3 heterocycles.